The predicted octanol–water partition coefficient (Wildman–Crippen LogP) is -0.444. The second-order valence-corrected chi connectivity index (χ2v) is 6.52. The lowest BCUT2D eigenvalue weighted by molar-refractivity contribution is -0.142. The van der Waals surface area contributed by atoms with E-state index < -0.39 is 30.4 Å². The maximum absolute atomic E-state index is 12.5. The molecule has 1 aliphatic heterocycles. The summed E-state index contributed by atoms with van der Waals surface area (Å²) in [6.07, 6.45) is 1.37. The van der Waals surface area contributed by atoms with Gasteiger partial charge >= 0.3 is 5.97 Å². The van der Waals surface area contributed by atoms with E-state index in [1.807, 2.05) is 0 Å². The molecule has 4 N–H and O–H groups in total. The number of benzene rings is 1. The van der Waals surface area contributed by atoms with Crippen molar-refractivity contribution in [3.05, 3.63) is 34.4 Å². The molecular formula is C18H20N4O6. The van der Waals surface area contributed by atoms with Crippen molar-refractivity contribution in [2.75, 3.05) is 6.61 Å². The number of ether oxygens (including phenoxy) is 1. The van der Waals surface area contributed by atoms with Crippen molar-refractivity contribution in [3.63, 3.8) is 0 Å². The van der Waals surface area contributed by atoms with Gasteiger partial charge in [-0.2, -0.15) is 0 Å². The summed E-state index contributed by atoms with van der Waals surface area (Å²) in [6.45, 7) is 0.192. The van der Waals surface area contributed by atoms with E-state index in [1.165, 1.54) is 6.07 Å². The molecule has 148 valence electrons. The predicted molar refractivity (Wildman–Crippen MR) is 97.8 cm³/mol. The van der Waals surface area contributed by atoms with Crippen molar-refractivity contribution in [3.8, 4) is 5.75 Å². The average Bonchev–Trinajstić information content (AvgIpc) is 3.12. The van der Waals surface area contributed by atoms with Crippen LogP contribution in [0.1, 0.15) is 25.1 Å². The second kappa shape index (κ2) is 8.07. The number of hydrogen-bond donors (Lipinski definition) is 3. The Bertz CT molecular complexity index is 999. The van der Waals surface area contributed by atoms with Gasteiger partial charge in [0.2, 0.25) is 5.91 Å². The molecule has 1 atom stereocenters. The molecule has 28 heavy (non-hydrogen) atoms. The topological polar surface area (TPSA) is 154 Å². The second-order valence-electron chi connectivity index (χ2n) is 6.52. The lowest BCUT2D eigenvalue weighted by Crippen LogP contribution is -2.43. The molecule has 10 heteroatoms. The van der Waals surface area contributed by atoms with Gasteiger partial charge in [0.1, 0.15) is 17.6 Å². The Morgan fingerprint density at radius 1 is 1.36 bits per heavy atom. The number of carbonyl (C=O) groups excluding carboxylic acids is 2. The number of amides is 2. The maximum atomic E-state index is 12.5. The number of nitrogens with one attached hydrogen (secondary N) is 1. The molecule has 1 aliphatic rings. The number of carbonyl (C=O) groups is 3. The van der Waals surface area contributed by atoms with Gasteiger partial charge in [0.15, 0.2) is 6.61 Å². The number of carboxylic acids is 1. The minimum absolute atomic E-state index is 0.111. The minimum atomic E-state index is -1.27. The summed E-state index contributed by atoms with van der Waals surface area (Å²) in [5.41, 5.74) is 5.41. The van der Waals surface area contributed by atoms with E-state index in [2.05, 4.69) is 10.3 Å². The van der Waals surface area contributed by atoms with Crippen LogP contribution in [-0.2, 0) is 27.3 Å². The highest BCUT2D eigenvalue weighted by molar-refractivity contribution is 5.85. The summed E-state index contributed by atoms with van der Waals surface area (Å²) in [4.78, 5) is 50.9. The van der Waals surface area contributed by atoms with Crippen LogP contribution in [0.15, 0.2) is 23.0 Å². The normalized spacial score (nSPS) is 13.7. The summed E-state index contributed by atoms with van der Waals surface area (Å²) >= 11 is 0. The number of fused-ring (bicyclic) bond motifs is 2. The first kappa shape index (κ1) is 19.3. The minimum Gasteiger partial charge on any atom is -0.484 e. The van der Waals surface area contributed by atoms with Gasteiger partial charge in [0, 0.05) is 19.4 Å². The van der Waals surface area contributed by atoms with Crippen LogP contribution in [-0.4, -0.2) is 45.1 Å². The van der Waals surface area contributed by atoms with Crippen LogP contribution in [0, 0.1) is 0 Å². The molecule has 10 nitrogen and oxygen atoms in total. The first-order chi connectivity index (χ1) is 13.3. The van der Waals surface area contributed by atoms with Gasteiger partial charge in [-0.1, -0.05) is 0 Å². The number of carboxylic acid groups (broad SMARTS) is 1. The molecule has 1 aromatic heterocycles. The maximum Gasteiger partial charge on any atom is 0.326 e. The van der Waals surface area contributed by atoms with Crippen LogP contribution in [0.2, 0.25) is 0 Å². The molecule has 2 heterocycles. The third kappa shape index (κ3) is 4.27. The third-order valence-corrected chi connectivity index (χ3v) is 4.47. The number of hydrogen-bond acceptors (Lipinski definition) is 6. The van der Waals surface area contributed by atoms with Gasteiger partial charge in [-0.3, -0.25) is 19.0 Å². The lowest BCUT2D eigenvalue weighted by Gasteiger charge is -2.14. The molecule has 0 fully saturated rings. The molecule has 1 unspecified atom stereocenters. The van der Waals surface area contributed by atoms with Crippen LogP contribution in [0.25, 0.3) is 10.9 Å². The molecule has 0 saturated heterocycles. The van der Waals surface area contributed by atoms with Gasteiger partial charge in [-0.05, 0) is 31.0 Å². The third-order valence-electron chi connectivity index (χ3n) is 4.47. The van der Waals surface area contributed by atoms with E-state index in [0.717, 1.165) is 18.7 Å². The number of aromatic nitrogens is 2. The van der Waals surface area contributed by atoms with E-state index in [1.54, 1.807) is 16.7 Å². The van der Waals surface area contributed by atoms with Crippen molar-refractivity contribution >= 4 is 28.7 Å². The molecule has 0 aliphatic carbocycles. The Labute approximate surface area is 159 Å². The first-order valence-corrected chi connectivity index (χ1v) is 8.82. The zero-order valence-corrected chi connectivity index (χ0v) is 15.0. The molecule has 1 aromatic carbocycles. The Morgan fingerprint density at radius 3 is 2.86 bits per heavy atom. The quantitative estimate of drug-likeness (QED) is 0.554. The molecular weight excluding hydrogens is 368 g/mol. The van der Waals surface area contributed by atoms with E-state index in [-0.39, 0.29) is 18.4 Å². The van der Waals surface area contributed by atoms with Gasteiger partial charge in [-0.25, -0.2) is 9.78 Å². The summed E-state index contributed by atoms with van der Waals surface area (Å²) in [6, 6.07) is 3.52. The van der Waals surface area contributed by atoms with E-state index in [0.29, 0.717) is 23.2 Å². The summed E-state index contributed by atoms with van der Waals surface area (Å²) in [5.74, 6) is -1.53. The molecule has 3 rings (SSSR count). The Balaban J connectivity index is 1.66. The lowest BCUT2D eigenvalue weighted by atomic mass is 10.1. The van der Waals surface area contributed by atoms with E-state index in [9.17, 15) is 19.2 Å². The Kier molecular flexibility index (Phi) is 5.57. The highest BCUT2D eigenvalue weighted by Gasteiger charge is 2.21. The number of aryl methyl sites for hydroxylation is 1. The standard InChI is InChI=1S/C18H20N4O6/c19-14(23)6-5-13(18(26)27)21-16(24)9-28-10-3-4-12-11(8-10)17(25)22-7-1-2-15(22)20-12/h3-4,8,13H,1-2,5-7,9H2,(H2,19,23)(H,21,24)(H,26,27). The molecule has 0 saturated carbocycles. The monoisotopic (exact) mass is 388 g/mol. The van der Waals surface area contributed by atoms with Crippen molar-refractivity contribution in [2.45, 2.75) is 38.3 Å². The van der Waals surface area contributed by atoms with E-state index >= 15 is 0 Å². The number of aliphatic carboxylic acids is 1. The zero-order valence-electron chi connectivity index (χ0n) is 15.0. The van der Waals surface area contributed by atoms with Crippen LogP contribution in [0.5, 0.6) is 5.75 Å². The smallest absolute Gasteiger partial charge is 0.326 e. The van der Waals surface area contributed by atoms with Crippen LogP contribution >= 0.6 is 0 Å². The largest absolute Gasteiger partial charge is 0.484 e. The molecule has 0 radical (unpaired) electrons. The summed E-state index contributed by atoms with van der Waals surface area (Å²) in [5, 5.41) is 11.8. The SMILES string of the molecule is NC(=O)CCC(NC(=O)COc1ccc2nc3n(c(=O)c2c1)CCC3)C(=O)O. The van der Waals surface area contributed by atoms with Gasteiger partial charge < -0.3 is 20.9 Å². The number of rotatable bonds is 8. The summed E-state index contributed by atoms with van der Waals surface area (Å²) < 4.78 is 7.02. The van der Waals surface area contributed by atoms with Gasteiger partial charge in [-0.15, -0.1) is 0 Å². The van der Waals surface area contributed by atoms with Gasteiger partial charge in [0.25, 0.3) is 11.5 Å². The molecule has 2 amide bonds. The highest BCUT2D eigenvalue weighted by Crippen LogP contribution is 2.19. The molecule has 2 aromatic rings. The average molecular weight is 388 g/mol. The first-order valence-electron chi connectivity index (χ1n) is 8.82. The number of nitrogens with two attached hydrogens (primary N) is 1. The zero-order chi connectivity index (χ0) is 20.3. The fourth-order valence-corrected chi connectivity index (χ4v) is 3.08. The molecule has 0 bridgehead atoms. The number of nitrogens with zero attached hydrogens (tertiary/aromatic N) is 2. The van der Waals surface area contributed by atoms with Crippen molar-refractivity contribution in [1.82, 2.24) is 14.9 Å². The Hall–Kier alpha value is -3.43. The summed E-state index contributed by atoms with van der Waals surface area (Å²) in [7, 11) is 0. The van der Waals surface area contributed by atoms with Crippen molar-refractivity contribution in [2.24, 2.45) is 5.73 Å². The van der Waals surface area contributed by atoms with Crippen LogP contribution in [0.4, 0.5) is 0 Å². The number of primary amides is 1. The van der Waals surface area contributed by atoms with Crippen molar-refractivity contribution in [1.29, 1.82) is 0 Å². The van der Waals surface area contributed by atoms with Crippen LogP contribution in [0.3, 0.4) is 0 Å². The van der Waals surface area contributed by atoms with Crippen LogP contribution < -0.4 is 21.3 Å². The van der Waals surface area contributed by atoms with Crippen molar-refractivity contribution < 1.29 is 24.2 Å². The fourth-order valence-electron chi connectivity index (χ4n) is 3.08. The van der Waals surface area contributed by atoms with E-state index in [4.69, 9.17) is 15.6 Å². The highest BCUT2D eigenvalue weighted by atomic mass is 16.5. The molecule has 0 spiro atoms. The fraction of sp³-hybridized carbons (Fsp3) is 0.389. The Morgan fingerprint density at radius 2 is 2.14 bits per heavy atom. The van der Waals surface area contributed by atoms with Gasteiger partial charge in [0.05, 0.1) is 10.9 Å².